The van der Waals surface area contributed by atoms with Crippen LogP contribution >= 0.6 is 0 Å². The fourth-order valence-corrected chi connectivity index (χ4v) is 4.86. The summed E-state index contributed by atoms with van der Waals surface area (Å²) in [5.74, 6) is 0.288. The Morgan fingerprint density at radius 1 is 0.444 bits per heavy atom. The molecule has 0 bridgehead atoms. The number of benzene rings is 4. The highest BCUT2D eigenvalue weighted by molar-refractivity contribution is 6.42. The van der Waals surface area contributed by atoms with Crippen LogP contribution in [-0.4, -0.2) is 21.8 Å². The summed E-state index contributed by atoms with van der Waals surface area (Å²) in [4.78, 5) is 0. The second kappa shape index (κ2) is 13.1. The molecule has 0 amide bonds. The molecule has 0 radical (unpaired) electrons. The molecule has 0 spiro atoms. The van der Waals surface area contributed by atoms with Crippen molar-refractivity contribution in [1.82, 2.24) is 0 Å². The molecule has 0 atom stereocenters. The highest BCUT2D eigenvalue weighted by Crippen LogP contribution is 2.31. The molecule has 0 aliphatic heterocycles. The van der Waals surface area contributed by atoms with Gasteiger partial charge in [-0.3, -0.25) is 0 Å². The van der Waals surface area contributed by atoms with Crippen LogP contribution in [0.15, 0.2) is 132 Å². The summed E-state index contributed by atoms with van der Waals surface area (Å²) >= 11 is 0. The van der Waals surface area contributed by atoms with Crippen molar-refractivity contribution in [2.75, 3.05) is 0 Å². The zero-order valence-corrected chi connectivity index (χ0v) is 20.3. The average molecular weight is 477 g/mol. The number of oxime groups is 2. The lowest BCUT2D eigenvalue weighted by Gasteiger charge is -2.20. The van der Waals surface area contributed by atoms with Gasteiger partial charge in [-0.2, -0.15) is 0 Å². The lowest BCUT2D eigenvalue weighted by Crippen LogP contribution is -2.18. The molecule has 0 aliphatic rings. The summed E-state index contributed by atoms with van der Waals surface area (Å²) in [5, 5.41) is 26.9. The van der Waals surface area contributed by atoms with E-state index in [4.69, 9.17) is 0 Å². The zero-order chi connectivity index (χ0) is 25.0. The van der Waals surface area contributed by atoms with Crippen molar-refractivity contribution in [1.29, 1.82) is 0 Å². The third-order valence-electron chi connectivity index (χ3n) is 6.72. The van der Waals surface area contributed by atoms with Crippen molar-refractivity contribution in [2.45, 2.75) is 37.5 Å². The highest BCUT2D eigenvalue weighted by atomic mass is 16.4. The minimum atomic E-state index is 0.144. The highest BCUT2D eigenvalue weighted by Gasteiger charge is 2.21. The van der Waals surface area contributed by atoms with Gasteiger partial charge in [0, 0.05) is 11.8 Å². The van der Waals surface area contributed by atoms with E-state index in [9.17, 15) is 10.4 Å². The number of hydrogen-bond acceptors (Lipinski definition) is 4. The summed E-state index contributed by atoms with van der Waals surface area (Å²) in [6, 6.07) is 41.4. The van der Waals surface area contributed by atoms with E-state index in [1.54, 1.807) is 0 Å². The SMILES string of the molecule is O/N=C(CCC(c1ccccc1)c1ccccc1)\C(CCC(c1ccccc1)c1ccccc1)=N/O. The Morgan fingerprint density at radius 2 is 0.694 bits per heavy atom. The van der Waals surface area contributed by atoms with Gasteiger partial charge in [-0.15, -0.1) is 0 Å². The lowest BCUT2D eigenvalue weighted by atomic mass is 9.84. The minimum Gasteiger partial charge on any atom is -0.411 e. The molecule has 0 aliphatic carbocycles. The molecule has 4 heteroatoms. The van der Waals surface area contributed by atoms with Gasteiger partial charge in [0.15, 0.2) is 0 Å². The Hall–Kier alpha value is -4.18. The first kappa shape index (κ1) is 24.9. The quantitative estimate of drug-likeness (QED) is 0.131. The molecule has 0 aromatic heterocycles. The monoisotopic (exact) mass is 476 g/mol. The second-order valence-corrected chi connectivity index (χ2v) is 8.92. The Labute approximate surface area is 213 Å². The Morgan fingerprint density at radius 3 is 0.917 bits per heavy atom. The predicted octanol–water partition coefficient (Wildman–Crippen LogP) is 7.87. The summed E-state index contributed by atoms with van der Waals surface area (Å²) in [6.45, 7) is 0. The summed E-state index contributed by atoms with van der Waals surface area (Å²) < 4.78 is 0. The molecule has 0 fully saturated rings. The first-order valence-electron chi connectivity index (χ1n) is 12.4. The van der Waals surface area contributed by atoms with Gasteiger partial charge < -0.3 is 10.4 Å². The van der Waals surface area contributed by atoms with E-state index < -0.39 is 0 Å². The molecular formula is C32H32N2O2. The van der Waals surface area contributed by atoms with E-state index in [2.05, 4.69) is 58.8 Å². The summed E-state index contributed by atoms with van der Waals surface area (Å²) in [5.41, 5.74) is 5.67. The molecule has 4 aromatic rings. The number of nitrogens with zero attached hydrogens (tertiary/aromatic N) is 2. The fraction of sp³-hybridized carbons (Fsp3) is 0.188. The van der Waals surface area contributed by atoms with E-state index in [1.807, 2.05) is 72.8 Å². The minimum absolute atomic E-state index is 0.144. The first-order chi connectivity index (χ1) is 17.8. The van der Waals surface area contributed by atoms with E-state index in [0.717, 1.165) is 12.8 Å². The van der Waals surface area contributed by atoms with Gasteiger partial charge >= 0.3 is 0 Å². The van der Waals surface area contributed by atoms with Crippen LogP contribution in [0.5, 0.6) is 0 Å². The van der Waals surface area contributed by atoms with Crippen molar-refractivity contribution >= 4 is 11.4 Å². The molecule has 4 nitrogen and oxygen atoms in total. The van der Waals surface area contributed by atoms with Crippen LogP contribution in [0.4, 0.5) is 0 Å². The van der Waals surface area contributed by atoms with E-state index in [-0.39, 0.29) is 11.8 Å². The summed E-state index contributed by atoms with van der Waals surface area (Å²) in [6.07, 6.45) is 2.44. The molecule has 0 saturated heterocycles. The molecule has 182 valence electrons. The van der Waals surface area contributed by atoms with Gasteiger partial charge in [0.25, 0.3) is 0 Å². The van der Waals surface area contributed by atoms with Crippen LogP contribution in [0.1, 0.15) is 59.8 Å². The Balaban J connectivity index is 1.49. The van der Waals surface area contributed by atoms with Crippen molar-refractivity contribution < 1.29 is 10.4 Å². The van der Waals surface area contributed by atoms with Crippen LogP contribution in [-0.2, 0) is 0 Å². The van der Waals surface area contributed by atoms with E-state index in [0.29, 0.717) is 24.3 Å². The van der Waals surface area contributed by atoms with Gasteiger partial charge in [0.1, 0.15) is 11.4 Å². The van der Waals surface area contributed by atoms with E-state index in [1.165, 1.54) is 22.3 Å². The number of rotatable bonds is 11. The standard InChI is InChI=1S/C32H32N2O2/c35-33-31(23-21-29(25-13-5-1-6-14-25)26-15-7-2-8-16-26)32(34-36)24-22-30(27-17-9-3-10-18-27)28-19-11-4-12-20-28/h1-20,29-30,35-36H,21-24H2/b33-31-,34-32-. The third kappa shape index (κ3) is 6.48. The molecular weight excluding hydrogens is 444 g/mol. The van der Waals surface area contributed by atoms with Crippen LogP contribution in [0.2, 0.25) is 0 Å². The first-order valence-corrected chi connectivity index (χ1v) is 12.4. The van der Waals surface area contributed by atoms with Crippen LogP contribution < -0.4 is 0 Å². The maximum Gasteiger partial charge on any atom is 0.104 e. The number of hydrogen-bond donors (Lipinski definition) is 2. The Bertz CT molecular complexity index is 1060. The van der Waals surface area contributed by atoms with Gasteiger partial charge in [-0.25, -0.2) is 0 Å². The van der Waals surface area contributed by atoms with Gasteiger partial charge in [-0.05, 0) is 47.9 Å². The topological polar surface area (TPSA) is 65.2 Å². The van der Waals surface area contributed by atoms with Crippen LogP contribution in [0.3, 0.4) is 0 Å². The lowest BCUT2D eigenvalue weighted by molar-refractivity contribution is 0.312. The predicted molar refractivity (Wildman–Crippen MR) is 146 cm³/mol. The second-order valence-electron chi connectivity index (χ2n) is 8.92. The normalized spacial score (nSPS) is 12.3. The Kier molecular flexibility index (Phi) is 9.04. The summed E-state index contributed by atoms with van der Waals surface area (Å²) in [7, 11) is 0. The van der Waals surface area contributed by atoms with Crippen LogP contribution in [0, 0.1) is 0 Å². The fourth-order valence-electron chi connectivity index (χ4n) is 4.86. The largest absolute Gasteiger partial charge is 0.411 e. The van der Waals surface area contributed by atoms with Crippen molar-refractivity contribution in [2.24, 2.45) is 10.3 Å². The molecule has 2 N–H and O–H groups in total. The maximum atomic E-state index is 9.88. The molecule has 0 saturated carbocycles. The maximum absolute atomic E-state index is 9.88. The van der Waals surface area contributed by atoms with Gasteiger partial charge in [-0.1, -0.05) is 132 Å². The van der Waals surface area contributed by atoms with Crippen LogP contribution in [0.25, 0.3) is 0 Å². The van der Waals surface area contributed by atoms with Gasteiger partial charge in [0.05, 0.1) is 0 Å². The average Bonchev–Trinajstić information content (AvgIpc) is 2.96. The molecule has 0 heterocycles. The van der Waals surface area contributed by atoms with Gasteiger partial charge in [0.2, 0.25) is 0 Å². The molecule has 36 heavy (non-hydrogen) atoms. The van der Waals surface area contributed by atoms with Crippen molar-refractivity contribution in [3.63, 3.8) is 0 Å². The van der Waals surface area contributed by atoms with E-state index >= 15 is 0 Å². The molecule has 4 rings (SSSR count). The molecule has 4 aromatic carbocycles. The third-order valence-corrected chi connectivity index (χ3v) is 6.72. The smallest absolute Gasteiger partial charge is 0.104 e. The van der Waals surface area contributed by atoms with Crippen molar-refractivity contribution in [3.8, 4) is 0 Å². The zero-order valence-electron chi connectivity index (χ0n) is 20.3. The molecule has 0 unspecified atom stereocenters. The van der Waals surface area contributed by atoms with Crippen molar-refractivity contribution in [3.05, 3.63) is 144 Å².